The van der Waals surface area contributed by atoms with Gasteiger partial charge in [0.2, 0.25) is 25.5 Å². The maximum atomic E-state index is 12.5. The lowest BCUT2D eigenvalue weighted by Gasteiger charge is -2.18. The highest BCUT2D eigenvalue weighted by Gasteiger charge is 2.47. The molecule has 4 aromatic heterocycles. The van der Waals surface area contributed by atoms with Crippen molar-refractivity contribution in [1.29, 1.82) is 0 Å². The lowest BCUT2D eigenvalue weighted by Crippen LogP contribution is -2.24. The monoisotopic (exact) mass is 653 g/mol. The third-order valence-corrected chi connectivity index (χ3v) is 9.95. The molecule has 4 aromatic rings. The minimum Gasteiger partial charge on any atom is -0.368 e. The van der Waals surface area contributed by atoms with Crippen molar-refractivity contribution in [1.82, 2.24) is 39.0 Å². The van der Waals surface area contributed by atoms with Crippen molar-refractivity contribution >= 4 is 54.1 Å². The largest absolute Gasteiger partial charge is 0.702 e. The highest BCUT2D eigenvalue weighted by Crippen LogP contribution is 2.44. The smallest absolute Gasteiger partial charge is 0.368 e. The van der Waals surface area contributed by atoms with Crippen LogP contribution in [0.15, 0.2) is 12.7 Å². The van der Waals surface area contributed by atoms with Crippen LogP contribution in [0.2, 0.25) is 0 Å². The number of anilines is 4. The van der Waals surface area contributed by atoms with E-state index in [0.29, 0.717) is 24.4 Å². The highest BCUT2D eigenvalue weighted by atomic mass is 31.1. The van der Waals surface area contributed by atoms with E-state index >= 15 is 0 Å². The Bertz CT molecular complexity index is 1630. The summed E-state index contributed by atoms with van der Waals surface area (Å²) < 4.78 is 39.1. The summed E-state index contributed by atoms with van der Waals surface area (Å²) in [6.45, 7) is 4.41. The van der Waals surface area contributed by atoms with Crippen LogP contribution < -0.4 is 21.3 Å². The van der Waals surface area contributed by atoms with E-state index in [-0.39, 0.29) is 25.5 Å². The highest BCUT2D eigenvalue weighted by molar-refractivity contribution is 7.33. The van der Waals surface area contributed by atoms with Gasteiger partial charge in [0.15, 0.2) is 34.0 Å². The number of rotatable bonds is 14. The summed E-state index contributed by atoms with van der Waals surface area (Å²) in [6, 6.07) is 0. The van der Waals surface area contributed by atoms with Crippen LogP contribution >= 0.6 is 8.25 Å². The third kappa shape index (κ3) is 5.93. The molecule has 2 saturated carbocycles. The lowest BCUT2D eigenvalue weighted by molar-refractivity contribution is -0.0808. The molecule has 2 aliphatic heterocycles. The maximum Gasteiger partial charge on any atom is 0.702 e. The van der Waals surface area contributed by atoms with Crippen molar-refractivity contribution in [3.63, 3.8) is 0 Å². The van der Waals surface area contributed by atoms with E-state index in [1.165, 1.54) is 0 Å². The molecule has 244 valence electrons. The fourth-order valence-electron chi connectivity index (χ4n) is 6.44. The summed E-state index contributed by atoms with van der Waals surface area (Å²) in [6.07, 6.45) is 11.3. The number of nitrogen functional groups attached to an aromatic ring is 2. The van der Waals surface area contributed by atoms with Crippen LogP contribution in [-0.2, 0) is 36.2 Å². The number of ether oxygens (including phenoxy) is 2. The fourth-order valence-corrected chi connectivity index (χ4v) is 6.80. The molecule has 6 heterocycles. The molecule has 4 aliphatic rings. The summed E-state index contributed by atoms with van der Waals surface area (Å²) in [4.78, 5) is 31.5. The van der Waals surface area contributed by atoms with Crippen LogP contribution in [0.5, 0.6) is 0 Å². The van der Waals surface area contributed by atoms with Crippen molar-refractivity contribution in [2.75, 3.05) is 61.0 Å². The Labute approximate surface area is 265 Å². The van der Waals surface area contributed by atoms with Crippen molar-refractivity contribution in [3.05, 3.63) is 12.7 Å². The lowest BCUT2D eigenvalue weighted by atomic mass is 10.3. The van der Waals surface area contributed by atoms with Crippen LogP contribution in [0.3, 0.4) is 0 Å². The molecule has 18 heteroatoms. The first-order chi connectivity index (χ1) is 22.4. The Morgan fingerprint density at radius 2 is 1.09 bits per heavy atom. The van der Waals surface area contributed by atoms with Crippen molar-refractivity contribution < 1.29 is 23.1 Å². The van der Waals surface area contributed by atoms with E-state index in [0.717, 1.165) is 100 Å². The van der Waals surface area contributed by atoms with Crippen LogP contribution in [0.1, 0.15) is 51.4 Å². The molecule has 0 atom stereocenters. The Hall–Kier alpha value is -3.76. The Balaban J connectivity index is 0.822. The Kier molecular flexibility index (Phi) is 7.60. The van der Waals surface area contributed by atoms with E-state index in [9.17, 15) is 4.57 Å². The van der Waals surface area contributed by atoms with Crippen molar-refractivity contribution in [3.8, 4) is 0 Å². The molecule has 0 spiro atoms. The Morgan fingerprint density at radius 3 is 1.48 bits per heavy atom. The van der Waals surface area contributed by atoms with Crippen LogP contribution in [0.25, 0.3) is 22.3 Å². The molecule has 4 N–H and O–H groups in total. The maximum absolute atomic E-state index is 12.5. The van der Waals surface area contributed by atoms with Gasteiger partial charge in [-0.2, -0.15) is 19.9 Å². The SMILES string of the molecule is Nc1nc(N2CCCC2)c2ncn(CC3(OCO[P+](=O)OCOC4(Cn5cnc6c(N7CCCC7)nc(N)nc65)CC4)CC3)c2n1. The van der Waals surface area contributed by atoms with Gasteiger partial charge >= 0.3 is 8.25 Å². The number of nitrogens with two attached hydrogens (primary N) is 2. The quantitative estimate of drug-likeness (QED) is 0.149. The normalized spacial score (nSPS) is 19.9. The van der Waals surface area contributed by atoms with Crippen LogP contribution in [0, 0.1) is 0 Å². The molecular weight excluding hydrogens is 615 g/mol. The topological polar surface area (TPSA) is 200 Å². The first kappa shape index (κ1) is 29.6. The number of imidazole rings is 2. The number of fused-ring (bicyclic) bond motifs is 2. The number of hydrogen-bond acceptors (Lipinski definition) is 15. The standard InChI is InChI=1S/C28H38N12O5P/c29-25-33-21(37-9-1-2-10-37)19-23(35-25)39(15-31-19)13-27(5-6-27)42-17-44-46(41)45-18-43-28(7-8-28)14-40-16-32-20-22(38-11-3-4-12-38)34-26(30)36-24(20)40/h15-16H,1-14,17-18H2,(H2,29,33,35)(H2,30,34,36)/q+1. The predicted octanol–water partition coefficient (Wildman–Crippen LogP) is 2.74. The molecule has 8 rings (SSSR count). The molecule has 0 unspecified atom stereocenters. The van der Waals surface area contributed by atoms with E-state index < -0.39 is 19.5 Å². The number of hydrogen-bond donors (Lipinski definition) is 2. The third-order valence-electron chi connectivity index (χ3n) is 9.32. The molecule has 0 aromatic carbocycles. The summed E-state index contributed by atoms with van der Waals surface area (Å²) in [7, 11) is -2.44. The van der Waals surface area contributed by atoms with Gasteiger partial charge in [-0.3, -0.25) is 0 Å². The van der Waals surface area contributed by atoms with Crippen molar-refractivity contribution in [2.45, 2.75) is 75.7 Å². The van der Waals surface area contributed by atoms with Crippen LogP contribution in [-0.4, -0.2) is 90.0 Å². The second kappa shape index (κ2) is 11.8. The van der Waals surface area contributed by atoms with Gasteiger partial charge in [0.1, 0.15) is 0 Å². The first-order valence-corrected chi connectivity index (χ1v) is 17.0. The van der Waals surface area contributed by atoms with Gasteiger partial charge in [-0.1, -0.05) is 9.05 Å². The zero-order chi connectivity index (χ0) is 31.3. The van der Waals surface area contributed by atoms with Gasteiger partial charge in [-0.05, 0) is 51.4 Å². The van der Waals surface area contributed by atoms with E-state index in [1.54, 1.807) is 12.7 Å². The van der Waals surface area contributed by atoms with Gasteiger partial charge in [-0.25, -0.2) is 9.97 Å². The second-order valence-electron chi connectivity index (χ2n) is 12.7. The molecule has 2 saturated heterocycles. The number of nitrogens with zero attached hydrogens (tertiary/aromatic N) is 10. The molecule has 0 bridgehead atoms. The van der Waals surface area contributed by atoms with E-state index in [4.69, 9.17) is 30.0 Å². The van der Waals surface area contributed by atoms with Gasteiger partial charge in [0.25, 0.3) is 0 Å². The molecule has 17 nitrogen and oxygen atoms in total. The molecule has 46 heavy (non-hydrogen) atoms. The first-order valence-electron chi connectivity index (χ1n) is 15.9. The average Bonchev–Trinajstić information content (AvgIpc) is 3.58. The summed E-state index contributed by atoms with van der Waals surface area (Å²) >= 11 is 0. The minimum atomic E-state index is -2.44. The van der Waals surface area contributed by atoms with Crippen LogP contribution in [0.4, 0.5) is 23.5 Å². The molecule has 2 aliphatic carbocycles. The van der Waals surface area contributed by atoms with Gasteiger partial charge in [-0.15, -0.1) is 0 Å². The molecular formula is C28H38N12O5P+. The second-order valence-corrected chi connectivity index (χ2v) is 13.6. The predicted molar refractivity (Wildman–Crippen MR) is 168 cm³/mol. The van der Waals surface area contributed by atoms with Crippen molar-refractivity contribution in [2.24, 2.45) is 0 Å². The number of aromatic nitrogens is 8. The average molecular weight is 654 g/mol. The van der Waals surface area contributed by atoms with E-state index in [1.807, 2.05) is 9.13 Å². The zero-order valence-corrected chi connectivity index (χ0v) is 26.5. The van der Waals surface area contributed by atoms with Gasteiger partial charge in [0.05, 0.1) is 36.9 Å². The van der Waals surface area contributed by atoms with Gasteiger partial charge in [0, 0.05) is 30.7 Å². The molecule has 0 radical (unpaired) electrons. The fraction of sp³-hybridized carbons (Fsp3) is 0.643. The summed E-state index contributed by atoms with van der Waals surface area (Å²) in [5, 5.41) is 0. The summed E-state index contributed by atoms with van der Waals surface area (Å²) in [5.74, 6) is 2.00. The zero-order valence-electron chi connectivity index (χ0n) is 25.6. The van der Waals surface area contributed by atoms with Gasteiger partial charge < -0.3 is 39.9 Å². The minimum absolute atomic E-state index is 0.176. The molecule has 4 fully saturated rings. The van der Waals surface area contributed by atoms with E-state index in [2.05, 4.69) is 39.7 Å². The molecule has 0 amide bonds. The Morgan fingerprint density at radius 1 is 0.674 bits per heavy atom. The summed E-state index contributed by atoms with van der Waals surface area (Å²) in [5.41, 5.74) is 14.0.